The fourth-order valence-electron chi connectivity index (χ4n) is 2.68. The number of anilines is 1. The molecule has 140 valence electrons. The van der Waals surface area contributed by atoms with E-state index in [1.807, 2.05) is 6.92 Å². The molecule has 1 heterocycles. The van der Waals surface area contributed by atoms with Gasteiger partial charge in [-0.05, 0) is 31.2 Å². The Kier molecular flexibility index (Phi) is 5.30. The molecule has 0 atom stereocenters. The molecule has 1 aromatic heterocycles. The average molecular weight is 369 g/mol. The fourth-order valence-corrected chi connectivity index (χ4v) is 2.68. The molecule has 7 heteroatoms. The van der Waals surface area contributed by atoms with E-state index in [2.05, 4.69) is 5.32 Å². The van der Waals surface area contributed by atoms with Crippen LogP contribution in [0.3, 0.4) is 0 Å². The number of amides is 1. The summed E-state index contributed by atoms with van der Waals surface area (Å²) in [6.07, 6.45) is 0. The van der Waals surface area contributed by atoms with Gasteiger partial charge in [0.25, 0.3) is 5.91 Å². The standard InChI is InChI=1S/C20H19NO6/c1-4-26-13-5-7-14-15(11-19(22)27-17(14)10-13)20(23)21-16-8-6-12(24-2)9-18(16)25-3/h5-11H,4H2,1-3H3,(H,21,23). The first-order valence-electron chi connectivity index (χ1n) is 8.29. The maximum Gasteiger partial charge on any atom is 0.337 e. The van der Waals surface area contributed by atoms with E-state index < -0.39 is 11.5 Å². The van der Waals surface area contributed by atoms with Gasteiger partial charge in [0.2, 0.25) is 0 Å². The molecular weight excluding hydrogens is 350 g/mol. The predicted molar refractivity (Wildman–Crippen MR) is 101 cm³/mol. The lowest BCUT2D eigenvalue weighted by molar-refractivity contribution is 0.102. The van der Waals surface area contributed by atoms with Crippen molar-refractivity contribution < 1.29 is 23.4 Å². The highest BCUT2D eigenvalue weighted by molar-refractivity contribution is 6.12. The molecule has 0 aliphatic carbocycles. The molecule has 0 unspecified atom stereocenters. The van der Waals surface area contributed by atoms with Crippen LogP contribution in [0.15, 0.2) is 51.7 Å². The van der Waals surface area contributed by atoms with Crippen molar-refractivity contribution in [3.63, 3.8) is 0 Å². The van der Waals surface area contributed by atoms with Crippen molar-refractivity contribution in [1.29, 1.82) is 0 Å². The molecule has 0 saturated carbocycles. The van der Waals surface area contributed by atoms with Crippen molar-refractivity contribution in [2.24, 2.45) is 0 Å². The lowest BCUT2D eigenvalue weighted by atomic mass is 10.1. The van der Waals surface area contributed by atoms with E-state index in [0.29, 0.717) is 34.9 Å². The van der Waals surface area contributed by atoms with Gasteiger partial charge >= 0.3 is 5.63 Å². The Hall–Kier alpha value is -3.48. The Morgan fingerprint density at radius 3 is 2.52 bits per heavy atom. The van der Waals surface area contributed by atoms with Crippen LogP contribution in [0.5, 0.6) is 17.2 Å². The second kappa shape index (κ2) is 7.82. The van der Waals surface area contributed by atoms with Crippen LogP contribution in [-0.4, -0.2) is 26.7 Å². The summed E-state index contributed by atoms with van der Waals surface area (Å²) in [4.78, 5) is 24.7. The first-order valence-corrected chi connectivity index (χ1v) is 8.29. The largest absolute Gasteiger partial charge is 0.497 e. The smallest absolute Gasteiger partial charge is 0.337 e. The number of nitrogens with one attached hydrogen (secondary N) is 1. The van der Waals surface area contributed by atoms with E-state index in [4.69, 9.17) is 18.6 Å². The van der Waals surface area contributed by atoms with Crippen LogP contribution in [0.25, 0.3) is 11.0 Å². The third-order valence-corrected chi connectivity index (χ3v) is 3.93. The van der Waals surface area contributed by atoms with Gasteiger partial charge in [-0.3, -0.25) is 4.79 Å². The lowest BCUT2D eigenvalue weighted by Crippen LogP contribution is -2.15. The Labute approximate surface area is 155 Å². The number of methoxy groups -OCH3 is 2. The van der Waals surface area contributed by atoms with Crippen molar-refractivity contribution in [2.75, 3.05) is 26.1 Å². The highest BCUT2D eigenvalue weighted by Gasteiger charge is 2.16. The fraction of sp³-hybridized carbons (Fsp3) is 0.200. The molecule has 3 rings (SSSR count). The molecule has 27 heavy (non-hydrogen) atoms. The summed E-state index contributed by atoms with van der Waals surface area (Å²) < 4.78 is 21.1. The minimum Gasteiger partial charge on any atom is -0.497 e. The molecule has 0 aliphatic rings. The zero-order valence-corrected chi connectivity index (χ0v) is 15.2. The average Bonchev–Trinajstić information content (AvgIpc) is 2.67. The molecule has 1 N–H and O–H groups in total. The minimum absolute atomic E-state index is 0.196. The van der Waals surface area contributed by atoms with E-state index >= 15 is 0 Å². The number of fused-ring (bicyclic) bond motifs is 1. The molecule has 0 saturated heterocycles. The van der Waals surface area contributed by atoms with Gasteiger partial charge in [-0.2, -0.15) is 0 Å². The second-order valence-corrected chi connectivity index (χ2v) is 5.59. The van der Waals surface area contributed by atoms with E-state index in [9.17, 15) is 9.59 Å². The van der Waals surface area contributed by atoms with Crippen LogP contribution in [0, 0.1) is 0 Å². The Morgan fingerprint density at radius 2 is 1.81 bits per heavy atom. The number of carbonyl (C=O) groups is 1. The van der Waals surface area contributed by atoms with Gasteiger partial charge in [-0.15, -0.1) is 0 Å². The zero-order valence-electron chi connectivity index (χ0n) is 15.2. The third kappa shape index (κ3) is 3.87. The highest BCUT2D eigenvalue weighted by atomic mass is 16.5. The molecule has 0 bridgehead atoms. The number of ether oxygens (including phenoxy) is 3. The SMILES string of the molecule is CCOc1ccc2c(C(=O)Nc3ccc(OC)cc3OC)cc(=O)oc2c1. The molecule has 2 aromatic carbocycles. The summed E-state index contributed by atoms with van der Waals surface area (Å²) >= 11 is 0. The molecule has 0 radical (unpaired) electrons. The molecular formula is C20H19NO6. The molecule has 7 nitrogen and oxygen atoms in total. The van der Waals surface area contributed by atoms with Crippen molar-refractivity contribution in [2.45, 2.75) is 6.92 Å². The summed E-state index contributed by atoms with van der Waals surface area (Å²) in [7, 11) is 3.03. The van der Waals surface area contributed by atoms with E-state index in [0.717, 1.165) is 6.07 Å². The first-order chi connectivity index (χ1) is 13.0. The van der Waals surface area contributed by atoms with Gasteiger partial charge in [0.05, 0.1) is 32.1 Å². The number of rotatable bonds is 6. The Bertz CT molecular complexity index is 1040. The quantitative estimate of drug-likeness (QED) is 0.670. The monoisotopic (exact) mass is 369 g/mol. The number of hydrogen-bond donors (Lipinski definition) is 1. The number of hydrogen-bond acceptors (Lipinski definition) is 6. The third-order valence-electron chi connectivity index (χ3n) is 3.93. The molecule has 0 fully saturated rings. The zero-order chi connectivity index (χ0) is 19.4. The van der Waals surface area contributed by atoms with E-state index in [-0.39, 0.29) is 11.1 Å². The molecule has 0 aliphatic heterocycles. The topological polar surface area (TPSA) is 87.0 Å². The second-order valence-electron chi connectivity index (χ2n) is 5.59. The summed E-state index contributed by atoms with van der Waals surface area (Å²) in [6, 6.07) is 11.2. The molecule has 3 aromatic rings. The maximum atomic E-state index is 12.8. The van der Waals surface area contributed by atoms with Crippen LogP contribution >= 0.6 is 0 Å². The minimum atomic E-state index is -0.622. The van der Waals surface area contributed by atoms with Crippen molar-refractivity contribution in [3.8, 4) is 17.2 Å². The number of carbonyl (C=O) groups excluding carboxylic acids is 1. The highest BCUT2D eigenvalue weighted by Crippen LogP contribution is 2.30. The van der Waals surface area contributed by atoms with Crippen molar-refractivity contribution >= 4 is 22.6 Å². The van der Waals surface area contributed by atoms with Gasteiger partial charge < -0.3 is 23.9 Å². The van der Waals surface area contributed by atoms with E-state index in [1.165, 1.54) is 7.11 Å². The normalized spacial score (nSPS) is 10.5. The van der Waals surface area contributed by atoms with Crippen LogP contribution in [-0.2, 0) is 0 Å². The van der Waals surface area contributed by atoms with Gasteiger partial charge in [0.1, 0.15) is 22.8 Å². The maximum absolute atomic E-state index is 12.8. The van der Waals surface area contributed by atoms with E-state index in [1.54, 1.807) is 43.5 Å². The summed E-state index contributed by atoms with van der Waals surface area (Å²) in [5.41, 5.74) is 0.307. The summed E-state index contributed by atoms with van der Waals surface area (Å²) in [5.74, 6) is 1.13. The predicted octanol–water partition coefficient (Wildman–Crippen LogP) is 3.46. The summed E-state index contributed by atoms with van der Waals surface area (Å²) in [5, 5.41) is 3.26. The number of benzene rings is 2. The van der Waals surface area contributed by atoms with Gasteiger partial charge in [0.15, 0.2) is 0 Å². The van der Waals surface area contributed by atoms with Gasteiger partial charge in [0, 0.05) is 23.6 Å². The Morgan fingerprint density at radius 1 is 1.04 bits per heavy atom. The molecule has 0 spiro atoms. The van der Waals surface area contributed by atoms with Crippen LogP contribution in [0.2, 0.25) is 0 Å². The van der Waals surface area contributed by atoms with Gasteiger partial charge in [-0.1, -0.05) is 0 Å². The summed E-state index contributed by atoms with van der Waals surface area (Å²) in [6.45, 7) is 2.33. The lowest BCUT2D eigenvalue weighted by Gasteiger charge is -2.12. The van der Waals surface area contributed by atoms with Crippen LogP contribution < -0.4 is 25.2 Å². The molecule has 1 amide bonds. The van der Waals surface area contributed by atoms with Gasteiger partial charge in [-0.25, -0.2) is 4.79 Å². The van der Waals surface area contributed by atoms with Crippen molar-refractivity contribution in [3.05, 3.63) is 58.4 Å². The first kappa shape index (κ1) is 18.3. The van der Waals surface area contributed by atoms with Crippen molar-refractivity contribution in [1.82, 2.24) is 0 Å². The van der Waals surface area contributed by atoms with Crippen LogP contribution in [0.4, 0.5) is 5.69 Å². The van der Waals surface area contributed by atoms with Crippen LogP contribution in [0.1, 0.15) is 17.3 Å². The Balaban J connectivity index is 2.00.